The predicted molar refractivity (Wildman–Crippen MR) is 34.1 cm³/mol. The Kier molecular flexibility index (Phi) is 1.63. The number of hydrogen-bond acceptors (Lipinski definition) is 4. The summed E-state index contributed by atoms with van der Waals surface area (Å²) in [6.45, 7) is 3.12. The minimum absolute atomic E-state index is 0.509. The Balaban J connectivity index is 2.96. The maximum absolute atomic E-state index is 10.7. The number of carbonyl (C=O) groups excluding carboxylic acids is 3. The number of hydrogen-bond donors (Lipinski definition) is 0. The van der Waals surface area contributed by atoms with E-state index in [0.29, 0.717) is 0 Å². The first-order valence-electron chi connectivity index (χ1n) is 2.66. The summed E-state index contributed by atoms with van der Waals surface area (Å²) in [6.07, 6.45) is -0.168. The highest BCUT2D eigenvalue weighted by atomic mass is 16.6. The van der Waals surface area contributed by atoms with Crippen LogP contribution < -0.4 is 0 Å². The lowest BCUT2D eigenvalue weighted by Crippen LogP contribution is -2.18. The van der Waals surface area contributed by atoms with Gasteiger partial charge < -0.3 is 4.74 Å². The van der Waals surface area contributed by atoms with Crippen LogP contribution in [0.5, 0.6) is 0 Å². The molecule has 1 amide bonds. The second-order valence-corrected chi connectivity index (χ2v) is 1.68. The van der Waals surface area contributed by atoms with Crippen LogP contribution in [0.1, 0.15) is 0 Å². The van der Waals surface area contributed by atoms with Crippen molar-refractivity contribution < 1.29 is 19.1 Å². The molecule has 5 heteroatoms. The molecule has 1 aliphatic rings. The lowest BCUT2D eigenvalue weighted by atomic mass is 10.2. The molecule has 0 unspecified atom stereocenters. The molecule has 0 spiro atoms. The van der Waals surface area contributed by atoms with E-state index >= 15 is 0 Å². The fourth-order valence-electron chi connectivity index (χ4n) is 0.540. The van der Waals surface area contributed by atoms with Gasteiger partial charge >= 0.3 is 12.1 Å². The second kappa shape index (κ2) is 2.45. The largest absolute Gasteiger partial charge is 0.442 e. The Morgan fingerprint density at radius 1 is 1.55 bits per heavy atom. The standard InChI is InChI=1S/C6H3NO4/c1-2-3(8)4-5(9)11-6(10)7-4/h2H,1H2. The predicted octanol–water partition coefficient (Wildman–Crippen LogP) is -0.141. The van der Waals surface area contributed by atoms with Gasteiger partial charge in [-0.25, -0.2) is 9.59 Å². The van der Waals surface area contributed by atoms with Gasteiger partial charge in [-0.3, -0.25) is 4.79 Å². The molecule has 56 valence electrons. The number of esters is 1. The molecule has 0 bridgehead atoms. The number of ketones is 1. The second-order valence-electron chi connectivity index (χ2n) is 1.68. The Hall–Kier alpha value is -1.78. The SMILES string of the molecule is C=CC(=O)C1=NC(=O)OC1=O. The third kappa shape index (κ3) is 1.21. The molecular weight excluding hydrogens is 150 g/mol. The first kappa shape index (κ1) is 7.33. The lowest BCUT2D eigenvalue weighted by molar-refractivity contribution is -0.129. The summed E-state index contributed by atoms with van der Waals surface area (Å²) >= 11 is 0. The van der Waals surface area contributed by atoms with Gasteiger partial charge in [-0.05, 0) is 6.08 Å². The average molecular weight is 153 g/mol. The Bertz CT molecular complexity index is 289. The van der Waals surface area contributed by atoms with Gasteiger partial charge in [-0.2, -0.15) is 4.99 Å². The topological polar surface area (TPSA) is 72.8 Å². The number of allylic oxidation sites excluding steroid dienone is 1. The first-order chi connectivity index (χ1) is 5.15. The van der Waals surface area contributed by atoms with E-state index in [1.54, 1.807) is 0 Å². The summed E-state index contributed by atoms with van der Waals surface area (Å²) in [4.78, 5) is 34.5. The molecule has 0 saturated carbocycles. The van der Waals surface area contributed by atoms with Gasteiger partial charge in [0.25, 0.3) is 0 Å². The average Bonchev–Trinajstić information content (AvgIpc) is 2.28. The number of cyclic esters (lactones) is 2. The first-order valence-corrected chi connectivity index (χ1v) is 2.66. The van der Waals surface area contributed by atoms with Gasteiger partial charge in [0.2, 0.25) is 11.5 Å². The zero-order valence-corrected chi connectivity index (χ0v) is 5.36. The monoisotopic (exact) mass is 153 g/mol. The van der Waals surface area contributed by atoms with Crippen LogP contribution in [0.2, 0.25) is 0 Å². The fourth-order valence-corrected chi connectivity index (χ4v) is 0.540. The molecule has 0 atom stereocenters. The Morgan fingerprint density at radius 3 is 2.55 bits per heavy atom. The van der Waals surface area contributed by atoms with Crippen LogP contribution >= 0.6 is 0 Å². The van der Waals surface area contributed by atoms with Crippen LogP contribution in [-0.4, -0.2) is 23.6 Å². The summed E-state index contributed by atoms with van der Waals surface area (Å²) < 4.78 is 3.95. The van der Waals surface area contributed by atoms with Crippen molar-refractivity contribution in [3.63, 3.8) is 0 Å². The molecule has 0 aromatic carbocycles. The number of nitrogens with zero attached hydrogens (tertiary/aromatic N) is 1. The molecule has 5 nitrogen and oxygen atoms in total. The molecule has 11 heavy (non-hydrogen) atoms. The number of carbonyl (C=O) groups is 3. The minimum atomic E-state index is -1.06. The van der Waals surface area contributed by atoms with Gasteiger partial charge in [-0.1, -0.05) is 6.58 Å². The summed E-state index contributed by atoms with van der Waals surface area (Å²) in [6, 6.07) is 0. The van der Waals surface area contributed by atoms with E-state index in [9.17, 15) is 14.4 Å². The van der Waals surface area contributed by atoms with Crippen molar-refractivity contribution in [3.8, 4) is 0 Å². The van der Waals surface area contributed by atoms with Gasteiger partial charge in [0.15, 0.2) is 0 Å². The molecule has 1 aliphatic heterocycles. The van der Waals surface area contributed by atoms with Crippen molar-refractivity contribution in [1.29, 1.82) is 0 Å². The fraction of sp³-hybridized carbons (Fsp3) is 0. The molecule has 0 saturated heterocycles. The van der Waals surface area contributed by atoms with E-state index in [2.05, 4.69) is 16.3 Å². The number of amides is 1. The summed E-state index contributed by atoms with van der Waals surface area (Å²) in [5, 5.41) is 0. The molecule has 0 aromatic heterocycles. The maximum Gasteiger partial charge on any atom is 0.442 e. The number of ether oxygens (including phenoxy) is 1. The van der Waals surface area contributed by atoms with Crippen molar-refractivity contribution in [3.05, 3.63) is 12.7 Å². The number of aliphatic imine (C=N–C) groups is 1. The van der Waals surface area contributed by atoms with E-state index in [1.807, 2.05) is 0 Å². The van der Waals surface area contributed by atoms with Crippen LogP contribution in [0.3, 0.4) is 0 Å². The molecule has 0 fully saturated rings. The van der Waals surface area contributed by atoms with Crippen molar-refractivity contribution in [1.82, 2.24) is 0 Å². The molecule has 0 radical (unpaired) electrons. The van der Waals surface area contributed by atoms with Gasteiger partial charge in [0.05, 0.1) is 0 Å². The molecule has 1 rings (SSSR count). The van der Waals surface area contributed by atoms with Gasteiger partial charge in [0, 0.05) is 0 Å². The zero-order valence-electron chi connectivity index (χ0n) is 5.36. The quantitative estimate of drug-likeness (QED) is 0.314. The smallest absolute Gasteiger partial charge is 0.370 e. The van der Waals surface area contributed by atoms with E-state index in [0.717, 1.165) is 6.08 Å². The van der Waals surface area contributed by atoms with Gasteiger partial charge in [-0.15, -0.1) is 0 Å². The maximum atomic E-state index is 10.7. The third-order valence-corrected chi connectivity index (χ3v) is 0.995. The lowest BCUT2D eigenvalue weighted by Gasteiger charge is -1.85. The highest BCUT2D eigenvalue weighted by molar-refractivity contribution is 6.69. The Morgan fingerprint density at radius 2 is 2.18 bits per heavy atom. The summed E-state index contributed by atoms with van der Waals surface area (Å²) in [7, 11) is 0. The summed E-state index contributed by atoms with van der Waals surface area (Å²) in [5.74, 6) is -1.72. The number of rotatable bonds is 2. The van der Waals surface area contributed by atoms with Crippen LogP contribution in [0.15, 0.2) is 17.6 Å². The molecular formula is C6H3NO4. The van der Waals surface area contributed by atoms with E-state index in [-0.39, 0.29) is 0 Å². The minimum Gasteiger partial charge on any atom is -0.370 e. The molecule has 0 aromatic rings. The normalized spacial score (nSPS) is 15.8. The van der Waals surface area contributed by atoms with E-state index in [4.69, 9.17) is 0 Å². The highest BCUT2D eigenvalue weighted by Gasteiger charge is 2.29. The zero-order chi connectivity index (χ0) is 8.43. The third-order valence-electron chi connectivity index (χ3n) is 0.995. The van der Waals surface area contributed by atoms with E-state index < -0.39 is 23.6 Å². The van der Waals surface area contributed by atoms with Crippen molar-refractivity contribution in [2.24, 2.45) is 4.99 Å². The van der Waals surface area contributed by atoms with Crippen LogP contribution in [0, 0.1) is 0 Å². The van der Waals surface area contributed by atoms with E-state index in [1.165, 1.54) is 0 Å². The molecule has 1 heterocycles. The molecule has 0 aliphatic carbocycles. The van der Waals surface area contributed by atoms with Crippen LogP contribution in [0.4, 0.5) is 4.79 Å². The van der Waals surface area contributed by atoms with Crippen LogP contribution in [0.25, 0.3) is 0 Å². The summed E-state index contributed by atoms with van der Waals surface area (Å²) in [5.41, 5.74) is -0.509. The molecule has 0 N–H and O–H groups in total. The van der Waals surface area contributed by atoms with Crippen molar-refractivity contribution in [2.45, 2.75) is 0 Å². The van der Waals surface area contributed by atoms with Crippen molar-refractivity contribution in [2.75, 3.05) is 0 Å². The van der Waals surface area contributed by atoms with Crippen LogP contribution in [-0.2, 0) is 14.3 Å². The van der Waals surface area contributed by atoms with Gasteiger partial charge in [0.1, 0.15) is 0 Å². The highest BCUT2D eigenvalue weighted by Crippen LogP contribution is 2.00. The van der Waals surface area contributed by atoms with Crippen molar-refractivity contribution >= 4 is 23.6 Å². The Labute approximate surface area is 61.4 Å².